The predicted molar refractivity (Wildman–Crippen MR) is 59.8 cm³/mol. The van der Waals surface area contributed by atoms with E-state index in [4.69, 9.17) is 4.52 Å². The molecule has 0 bridgehead atoms. The Labute approximate surface area is 91.5 Å². The number of hydrogen-bond donors (Lipinski definition) is 1. The molecule has 15 heavy (non-hydrogen) atoms. The maximum atomic E-state index is 5.22. The highest BCUT2D eigenvalue weighted by atomic mass is 16.5. The topological polar surface area (TPSA) is 51.0 Å². The Morgan fingerprint density at radius 2 is 2.07 bits per heavy atom. The van der Waals surface area contributed by atoms with Crippen LogP contribution >= 0.6 is 0 Å². The van der Waals surface area contributed by atoms with Gasteiger partial charge in [-0.3, -0.25) is 0 Å². The molecule has 4 heteroatoms. The molecule has 0 aliphatic rings. The normalized spacial score (nSPS) is 15.2. The van der Waals surface area contributed by atoms with E-state index >= 15 is 0 Å². The van der Waals surface area contributed by atoms with Crippen molar-refractivity contribution in [1.82, 2.24) is 15.5 Å². The van der Waals surface area contributed by atoms with E-state index in [-0.39, 0.29) is 0 Å². The predicted octanol–water partition coefficient (Wildman–Crippen LogP) is 2.12. The summed E-state index contributed by atoms with van der Waals surface area (Å²) in [5.41, 5.74) is 0. The van der Waals surface area contributed by atoms with Crippen molar-refractivity contribution in [2.24, 2.45) is 0 Å². The average Bonchev–Trinajstić information content (AvgIpc) is 2.73. The maximum absolute atomic E-state index is 5.22. The lowest BCUT2D eigenvalue weighted by Gasteiger charge is -2.09. The fourth-order valence-corrected chi connectivity index (χ4v) is 1.40. The Hall–Kier alpha value is -0.900. The molecule has 0 aliphatic carbocycles. The summed E-state index contributed by atoms with van der Waals surface area (Å²) in [6.07, 6.45) is 2.93. The third-order valence-corrected chi connectivity index (χ3v) is 2.86. The summed E-state index contributed by atoms with van der Waals surface area (Å²) < 4.78 is 5.22. The van der Waals surface area contributed by atoms with E-state index in [0.717, 1.165) is 31.0 Å². The lowest BCUT2D eigenvalue weighted by molar-refractivity contribution is 0.352. The lowest BCUT2D eigenvalue weighted by atomic mass is 10.1. The number of nitrogens with one attached hydrogen (secondary N) is 1. The molecular formula is C11H21N3O. The standard InChI is InChI=1S/C11H21N3O/c1-5-8(3)11-13-10(15-14-11)7-9(6-2)12-4/h8-9,12H,5-7H2,1-4H3. The third kappa shape index (κ3) is 3.30. The number of aromatic nitrogens is 2. The molecule has 2 unspecified atom stereocenters. The van der Waals surface area contributed by atoms with Crippen LogP contribution in [0.3, 0.4) is 0 Å². The van der Waals surface area contributed by atoms with Gasteiger partial charge in [0.15, 0.2) is 5.82 Å². The Kier molecular flexibility index (Phi) is 4.75. The van der Waals surface area contributed by atoms with E-state index < -0.39 is 0 Å². The zero-order valence-electron chi connectivity index (χ0n) is 10.1. The summed E-state index contributed by atoms with van der Waals surface area (Å²) in [5.74, 6) is 1.96. The first-order valence-electron chi connectivity index (χ1n) is 5.70. The number of likely N-dealkylation sites (N-methyl/N-ethyl adjacent to an activating group) is 1. The molecule has 4 nitrogen and oxygen atoms in total. The van der Waals surface area contributed by atoms with Gasteiger partial charge in [-0.25, -0.2) is 0 Å². The molecule has 0 aliphatic heterocycles. The van der Waals surface area contributed by atoms with Crippen molar-refractivity contribution in [3.05, 3.63) is 11.7 Å². The van der Waals surface area contributed by atoms with Crippen molar-refractivity contribution in [2.45, 2.75) is 52.0 Å². The molecule has 86 valence electrons. The summed E-state index contributed by atoms with van der Waals surface area (Å²) in [6.45, 7) is 6.39. The molecule has 1 aromatic rings. The summed E-state index contributed by atoms with van der Waals surface area (Å²) in [7, 11) is 1.96. The second kappa shape index (κ2) is 5.85. The number of hydrogen-bond acceptors (Lipinski definition) is 4. The number of nitrogens with zero attached hydrogens (tertiary/aromatic N) is 2. The van der Waals surface area contributed by atoms with Crippen molar-refractivity contribution in [1.29, 1.82) is 0 Å². The maximum Gasteiger partial charge on any atom is 0.228 e. The van der Waals surface area contributed by atoms with Crippen molar-refractivity contribution in [2.75, 3.05) is 7.05 Å². The van der Waals surface area contributed by atoms with Crippen LogP contribution in [0.15, 0.2) is 4.52 Å². The van der Waals surface area contributed by atoms with Crippen molar-refractivity contribution >= 4 is 0 Å². The van der Waals surface area contributed by atoms with Gasteiger partial charge in [0, 0.05) is 18.4 Å². The minimum atomic E-state index is 0.386. The van der Waals surface area contributed by atoms with E-state index in [2.05, 4.69) is 36.2 Å². The molecule has 0 fully saturated rings. The molecule has 0 spiro atoms. The van der Waals surface area contributed by atoms with E-state index in [9.17, 15) is 0 Å². The van der Waals surface area contributed by atoms with Crippen LogP contribution in [-0.4, -0.2) is 23.2 Å². The molecule has 2 atom stereocenters. The average molecular weight is 211 g/mol. The second-order valence-electron chi connectivity index (χ2n) is 3.95. The lowest BCUT2D eigenvalue weighted by Crippen LogP contribution is -2.26. The zero-order chi connectivity index (χ0) is 11.3. The van der Waals surface area contributed by atoms with Crippen LogP contribution in [0.4, 0.5) is 0 Å². The minimum Gasteiger partial charge on any atom is -0.339 e. The fourth-order valence-electron chi connectivity index (χ4n) is 1.40. The Morgan fingerprint density at radius 3 is 2.60 bits per heavy atom. The van der Waals surface area contributed by atoms with Gasteiger partial charge in [0.2, 0.25) is 5.89 Å². The highest BCUT2D eigenvalue weighted by molar-refractivity contribution is 4.94. The minimum absolute atomic E-state index is 0.386. The van der Waals surface area contributed by atoms with Gasteiger partial charge in [0.25, 0.3) is 0 Å². The van der Waals surface area contributed by atoms with Gasteiger partial charge >= 0.3 is 0 Å². The summed E-state index contributed by atoms with van der Waals surface area (Å²) in [6, 6.07) is 0.426. The first kappa shape index (κ1) is 12.2. The fraction of sp³-hybridized carbons (Fsp3) is 0.818. The molecule has 0 amide bonds. The molecule has 1 heterocycles. The van der Waals surface area contributed by atoms with Gasteiger partial charge in [-0.15, -0.1) is 0 Å². The van der Waals surface area contributed by atoms with Crippen LogP contribution in [0.2, 0.25) is 0 Å². The first-order valence-corrected chi connectivity index (χ1v) is 5.70. The van der Waals surface area contributed by atoms with E-state index in [1.54, 1.807) is 0 Å². The van der Waals surface area contributed by atoms with Crippen LogP contribution in [0.5, 0.6) is 0 Å². The smallest absolute Gasteiger partial charge is 0.228 e. The first-order chi connectivity index (χ1) is 7.21. The van der Waals surface area contributed by atoms with E-state index in [0.29, 0.717) is 12.0 Å². The highest BCUT2D eigenvalue weighted by Crippen LogP contribution is 2.15. The zero-order valence-corrected chi connectivity index (χ0v) is 10.1. The SMILES string of the molecule is CCC(Cc1nc(C(C)CC)no1)NC. The van der Waals surface area contributed by atoms with Crippen molar-refractivity contribution in [3.8, 4) is 0 Å². The highest BCUT2D eigenvalue weighted by Gasteiger charge is 2.14. The van der Waals surface area contributed by atoms with Gasteiger partial charge in [0.1, 0.15) is 0 Å². The Morgan fingerprint density at radius 1 is 1.33 bits per heavy atom. The molecule has 0 saturated heterocycles. The molecule has 0 saturated carbocycles. The second-order valence-corrected chi connectivity index (χ2v) is 3.95. The van der Waals surface area contributed by atoms with Crippen LogP contribution in [-0.2, 0) is 6.42 Å². The van der Waals surface area contributed by atoms with E-state index in [1.807, 2.05) is 7.05 Å². The van der Waals surface area contributed by atoms with Gasteiger partial charge in [0.05, 0.1) is 0 Å². The van der Waals surface area contributed by atoms with Gasteiger partial charge in [-0.1, -0.05) is 25.9 Å². The largest absolute Gasteiger partial charge is 0.339 e. The summed E-state index contributed by atoms with van der Waals surface area (Å²) in [4.78, 5) is 4.40. The van der Waals surface area contributed by atoms with Crippen LogP contribution in [0.1, 0.15) is 51.2 Å². The molecule has 1 rings (SSSR count). The van der Waals surface area contributed by atoms with Crippen LogP contribution in [0, 0.1) is 0 Å². The van der Waals surface area contributed by atoms with Crippen LogP contribution in [0.25, 0.3) is 0 Å². The van der Waals surface area contributed by atoms with Crippen molar-refractivity contribution in [3.63, 3.8) is 0 Å². The van der Waals surface area contributed by atoms with E-state index in [1.165, 1.54) is 0 Å². The van der Waals surface area contributed by atoms with Crippen molar-refractivity contribution < 1.29 is 4.52 Å². The van der Waals surface area contributed by atoms with Crippen LogP contribution < -0.4 is 5.32 Å². The molecule has 0 radical (unpaired) electrons. The summed E-state index contributed by atoms with van der Waals surface area (Å²) >= 11 is 0. The third-order valence-electron chi connectivity index (χ3n) is 2.86. The van der Waals surface area contributed by atoms with Gasteiger partial charge < -0.3 is 9.84 Å². The Bertz CT molecular complexity index is 281. The molecule has 0 aromatic carbocycles. The molecular weight excluding hydrogens is 190 g/mol. The Balaban J connectivity index is 2.59. The molecule has 1 aromatic heterocycles. The summed E-state index contributed by atoms with van der Waals surface area (Å²) in [5, 5.41) is 7.22. The van der Waals surface area contributed by atoms with Gasteiger partial charge in [-0.05, 0) is 19.9 Å². The monoisotopic (exact) mass is 211 g/mol. The van der Waals surface area contributed by atoms with Gasteiger partial charge in [-0.2, -0.15) is 4.98 Å². The number of rotatable bonds is 6. The molecule has 1 N–H and O–H groups in total. The quantitative estimate of drug-likeness (QED) is 0.783.